The normalized spacial score (nSPS) is 16.9. The lowest BCUT2D eigenvalue weighted by molar-refractivity contribution is -0.118. The molecule has 166 valence electrons. The number of carboxylic acid groups (broad SMARTS) is 1. The predicted molar refractivity (Wildman–Crippen MR) is 121 cm³/mol. The van der Waals surface area contributed by atoms with Gasteiger partial charge in [-0.05, 0) is 36.4 Å². The zero-order chi connectivity index (χ0) is 23.3. The molecule has 2 N–H and O–H groups in total. The number of aromatic carboxylic acids is 1. The molecular formula is C21H18ClN3O6S. The Balaban J connectivity index is 1.72. The molecule has 0 radical (unpaired) electrons. The Bertz CT molecular complexity index is 1120. The molecule has 1 saturated heterocycles. The van der Waals surface area contributed by atoms with Crippen molar-refractivity contribution in [2.45, 2.75) is 11.7 Å². The van der Waals surface area contributed by atoms with Gasteiger partial charge in [-0.15, -0.1) is 5.10 Å². The molecule has 2 aromatic rings. The summed E-state index contributed by atoms with van der Waals surface area (Å²) in [4.78, 5) is 36.3. The maximum atomic E-state index is 12.4. The fraction of sp³-hybridized carbons (Fsp3) is 0.190. The number of carbonyl (C=O) groups is 3. The highest BCUT2D eigenvalue weighted by Crippen LogP contribution is 2.33. The van der Waals surface area contributed by atoms with Gasteiger partial charge in [0.05, 0.1) is 25.7 Å². The van der Waals surface area contributed by atoms with Gasteiger partial charge in [-0.2, -0.15) is 5.10 Å². The maximum Gasteiger partial charge on any atom is 0.340 e. The summed E-state index contributed by atoms with van der Waals surface area (Å²) in [5.41, 5.74) is 0.564. The van der Waals surface area contributed by atoms with Gasteiger partial charge >= 0.3 is 5.97 Å². The highest BCUT2D eigenvalue weighted by Gasteiger charge is 2.32. The minimum absolute atomic E-state index is 0.0142. The molecule has 0 bridgehead atoms. The minimum atomic E-state index is -1.22. The topological polar surface area (TPSA) is 127 Å². The zero-order valence-corrected chi connectivity index (χ0v) is 18.6. The van der Waals surface area contributed by atoms with Crippen LogP contribution in [0.2, 0.25) is 5.02 Å². The summed E-state index contributed by atoms with van der Waals surface area (Å²) < 4.78 is 10.3. The van der Waals surface area contributed by atoms with Crippen molar-refractivity contribution in [3.63, 3.8) is 0 Å². The van der Waals surface area contributed by atoms with Crippen molar-refractivity contribution in [2.24, 2.45) is 10.2 Å². The van der Waals surface area contributed by atoms with E-state index in [1.165, 1.54) is 26.5 Å². The molecule has 1 fully saturated rings. The smallest absolute Gasteiger partial charge is 0.340 e. The van der Waals surface area contributed by atoms with E-state index in [1.807, 2.05) is 0 Å². The number of amidine groups is 1. The number of Topliss-reactive ketones (excluding diaryl/α,β-unsaturated/α-hetero) is 1. The molecule has 1 aliphatic rings. The van der Waals surface area contributed by atoms with Gasteiger partial charge in [-0.1, -0.05) is 23.4 Å². The largest absolute Gasteiger partial charge is 0.493 e. The van der Waals surface area contributed by atoms with Crippen LogP contribution in [-0.4, -0.2) is 53.6 Å². The molecule has 1 atom stereocenters. The van der Waals surface area contributed by atoms with E-state index in [0.29, 0.717) is 10.6 Å². The van der Waals surface area contributed by atoms with Crippen LogP contribution < -0.4 is 14.8 Å². The Hall–Kier alpha value is -3.37. The van der Waals surface area contributed by atoms with E-state index in [1.54, 1.807) is 30.3 Å². The molecule has 1 amide bonds. The third-order valence-electron chi connectivity index (χ3n) is 4.45. The summed E-state index contributed by atoms with van der Waals surface area (Å²) in [6.07, 6.45) is 1.22. The van der Waals surface area contributed by atoms with Crippen LogP contribution in [0.3, 0.4) is 0 Å². The van der Waals surface area contributed by atoms with E-state index in [9.17, 15) is 19.5 Å². The van der Waals surface area contributed by atoms with Crippen molar-refractivity contribution in [1.29, 1.82) is 0 Å². The van der Waals surface area contributed by atoms with E-state index in [-0.39, 0.29) is 45.9 Å². The summed E-state index contributed by atoms with van der Waals surface area (Å²) in [5, 5.41) is 20.0. The molecule has 32 heavy (non-hydrogen) atoms. The van der Waals surface area contributed by atoms with Crippen molar-refractivity contribution in [3.05, 3.63) is 58.1 Å². The van der Waals surface area contributed by atoms with Crippen LogP contribution in [0, 0.1) is 0 Å². The highest BCUT2D eigenvalue weighted by atomic mass is 35.5. The van der Waals surface area contributed by atoms with Crippen LogP contribution in [0.1, 0.15) is 32.7 Å². The second-order valence-electron chi connectivity index (χ2n) is 6.45. The molecule has 0 aromatic heterocycles. The first-order chi connectivity index (χ1) is 15.3. The predicted octanol–water partition coefficient (Wildman–Crippen LogP) is 3.25. The number of thioether (sulfide) groups is 1. The van der Waals surface area contributed by atoms with E-state index < -0.39 is 11.2 Å². The van der Waals surface area contributed by atoms with Crippen molar-refractivity contribution >= 4 is 52.4 Å². The van der Waals surface area contributed by atoms with Gasteiger partial charge in [0.25, 0.3) is 0 Å². The first-order valence-electron chi connectivity index (χ1n) is 9.19. The van der Waals surface area contributed by atoms with Gasteiger partial charge in [0.15, 0.2) is 22.4 Å². The molecule has 0 spiro atoms. The second kappa shape index (κ2) is 10.3. The molecule has 0 saturated carbocycles. The van der Waals surface area contributed by atoms with Crippen LogP contribution in [0.15, 0.2) is 46.6 Å². The Morgan fingerprint density at radius 3 is 2.53 bits per heavy atom. The lowest BCUT2D eigenvalue weighted by Crippen LogP contribution is -2.26. The number of nitrogens with zero attached hydrogens (tertiary/aromatic N) is 2. The third kappa shape index (κ3) is 5.27. The van der Waals surface area contributed by atoms with Crippen LogP contribution in [0.5, 0.6) is 11.5 Å². The van der Waals surface area contributed by atoms with E-state index in [2.05, 4.69) is 15.5 Å². The van der Waals surface area contributed by atoms with Crippen LogP contribution in [0.25, 0.3) is 0 Å². The molecule has 1 aliphatic heterocycles. The fourth-order valence-electron chi connectivity index (χ4n) is 2.92. The van der Waals surface area contributed by atoms with Crippen molar-refractivity contribution in [3.8, 4) is 11.5 Å². The number of nitrogens with one attached hydrogen (secondary N) is 1. The molecule has 9 nitrogen and oxygen atoms in total. The molecule has 1 heterocycles. The molecule has 1 unspecified atom stereocenters. The SMILES string of the molecule is COc1ccc(/C=N\N=C2/NC(=O)C(CC(=O)c3ccc(Cl)cc3)S2)c(C(=O)O)c1OC. The van der Waals surface area contributed by atoms with E-state index in [4.69, 9.17) is 21.1 Å². The number of carbonyl (C=O) groups excluding carboxylic acids is 2. The lowest BCUT2D eigenvalue weighted by Gasteiger charge is -2.11. The summed E-state index contributed by atoms with van der Waals surface area (Å²) in [5.74, 6) is -1.46. The number of ketones is 1. The van der Waals surface area contributed by atoms with E-state index >= 15 is 0 Å². The van der Waals surface area contributed by atoms with Crippen LogP contribution >= 0.6 is 23.4 Å². The quantitative estimate of drug-likeness (QED) is 0.341. The molecule has 0 aliphatic carbocycles. The number of hydrogen-bond acceptors (Lipinski definition) is 8. The zero-order valence-electron chi connectivity index (χ0n) is 17.0. The first-order valence-corrected chi connectivity index (χ1v) is 10.5. The summed E-state index contributed by atoms with van der Waals surface area (Å²) in [6, 6.07) is 9.47. The van der Waals surface area contributed by atoms with Crippen molar-refractivity contribution in [1.82, 2.24) is 5.32 Å². The van der Waals surface area contributed by atoms with Gasteiger partial charge in [0.2, 0.25) is 5.91 Å². The number of hydrogen-bond donors (Lipinski definition) is 2. The van der Waals surface area contributed by atoms with Crippen LogP contribution in [-0.2, 0) is 4.79 Å². The molecular weight excluding hydrogens is 458 g/mol. The molecule has 2 aromatic carbocycles. The Labute approximate surface area is 192 Å². The molecule has 3 rings (SSSR count). The summed E-state index contributed by atoms with van der Waals surface area (Å²) in [6.45, 7) is 0. The lowest BCUT2D eigenvalue weighted by atomic mass is 10.1. The number of amides is 1. The van der Waals surface area contributed by atoms with Gasteiger partial charge in [0, 0.05) is 22.6 Å². The average Bonchev–Trinajstić information content (AvgIpc) is 3.12. The number of rotatable bonds is 8. The standard InChI is InChI=1S/C21H18ClN3O6S/c1-30-15-8-5-12(17(20(28)29)18(15)31-2)10-23-25-21-24-19(27)16(32-21)9-14(26)11-3-6-13(22)7-4-11/h3-8,10,16H,9H2,1-2H3,(H,28,29)(H,24,25,27)/b23-10-. The summed E-state index contributed by atoms with van der Waals surface area (Å²) in [7, 11) is 2.74. The number of benzene rings is 2. The van der Waals surface area contributed by atoms with Gasteiger partial charge in [0.1, 0.15) is 5.56 Å². The Morgan fingerprint density at radius 1 is 1.19 bits per heavy atom. The molecule has 11 heteroatoms. The van der Waals surface area contributed by atoms with Crippen molar-refractivity contribution in [2.75, 3.05) is 14.2 Å². The van der Waals surface area contributed by atoms with E-state index in [0.717, 1.165) is 11.8 Å². The number of methoxy groups -OCH3 is 2. The average molecular weight is 476 g/mol. The monoisotopic (exact) mass is 475 g/mol. The maximum absolute atomic E-state index is 12.4. The first kappa shape index (κ1) is 23.3. The van der Waals surface area contributed by atoms with Gasteiger partial charge in [-0.3, -0.25) is 9.59 Å². The number of carboxylic acids is 1. The highest BCUT2D eigenvalue weighted by molar-refractivity contribution is 8.15. The van der Waals surface area contributed by atoms with Gasteiger partial charge in [-0.25, -0.2) is 4.79 Å². The fourth-order valence-corrected chi connectivity index (χ4v) is 3.97. The summed E-state index contributed by atoms with van der Waals surface area (Å²) >= 11 is 6.90. The minimum Gasteiger partial charge on any atom is -0.493 e. The number of halogens is 1. The van der Waals surface area contributed by atoms with Crippen molar-refractivity contribution < 1.29 is 29.0 Å². The number of ether oxygens (including phenoxy) is 2. The van der Waals surface area contributed by atoms with Crippen LogP contribution in [0.4, 0.5) is 0 Å². The second-order valence-corrected chi connectivity index (χ2v) is 8.08. The third-order valence-corrected chi connectivity index (χ3v) is 5.77. The Morgan fingerprint density at radius 2 is 1.91 bits per heavy atom. The van der Waals surface area contributed by atoms with Gasteiger partial charge < -0.3 is 19.9 Å². The Kier molecular flexibility index (Phi) is 7.49.